The van der Waals surface area contributed by atoms with Crippen molar-refractivity contribution in [1.29, 1.82) is 0 Å². The molecular formula is C23H23ClN4O4. The Morgan fingerprint density at radius 3 is 2.31 bits per heavy atom. The number of benzene rings is 1. The van der Waals surface area contributed by atoms with Crippen LogP contribution in [-0.2, 0) is 17.9 Å². The van der Waals surface area contributed by atoms with Gasteiger partial charge in [0.05, 0.1) is 6.26 Å². The Morgan fingerprint density at radius 1 is 0.906 bits per heavy atom. The van der Waals surface area contributed by atoms with Gasteiger partial charge in [-0.15, -0.1) is 0 Å². The molecule has 1 aliphatic rings. The Morgan fingerprint density at radius 2 is 1.62 bits per heavy atom. The summed E-state index contributed by atoms with van der Waals surface area (Å²) >= 11 is 6.13. The van der Waals surface area contributed by atoms with Crippen molar-refractivity contribution < 1.29 is 18.8 Å². The van der Waals surface area contributed by atoms with Crippen LogP contribution >= 0.6 is 11.6 Å². The molecule has 3 aromatic rings. The van der Waals surface area contributed by atoms with Crippen LogP contribution < -0.4 is 5.32 Å². The van der Waals surface area contributed by atoms with E-state index in [1.54, 1.807) is 50.9 Å². The lowest BCUT2D eigenvalue weighted by Crippen LogP contribution is -2.50. The fourth-order valence-corrected chi connectivity index (χ4v) is 3.83. The number of aromatic nitrogens is 1. The molecule has 0 radical (unpaired) electrons. The molecule has 0 unspecified atom stereocenters. The minimum Gasteiger partial charge on any atom is -0.459 e. The van der Waals surface area contributed by atoms with Gasteiger partial charge in [0.1, 0.15) is 12.2 Å². The Labute approximate surface area is 190 Å². The monoisotopic (exact) mass is 454 g/mol. The number of furan rings is 1. The van der Waals surface area contributed by atoms with E-state index in [1.807, 2.05) is 18.2 Å². The van der Waals surface area contributed by atoms with Gasteiger partial charge in [-0.3, -0.25) is 14.4 Å². The van der Waals surface area contributed by atoms with E-state index in [0.717, 1.165) is 5.56 Å². The van der Waals surface area contributed by atoms with Crippen LogP contribution in [0.5, 0.6) is 0 Å². The zero-order valence-electron chi connectivity index (χ0n) is 17.4. The van der Waals surface area contributed by atoms with Gasteiger partial charge >= 0.3 is 0 Å². The lowest BCUT2D eigenvalue weighted by atomic mass is 10.2. The summed E-state index contributed by atoms with van der Waals surface area (Å²) in [7, 11) is 0. The maximum atomic E-state index is 13.0. The quantitative estimate of drug-likeness (QED) is 0.620. The zero-order valence-corrected chi connectivity index (χ0v) is 18.1. The van der Waals surface area contributed by atoms with Gasteiger partial charge in [-0.05, 0) is 35.9 Å². The molecule has 166 valence electrons. The molecule has 1 N–H and O–H groups in total. The first-order valence-corrected chi connectivity index (χ1v) is 10.7. The summed E-state index contributed by atoms with van der Waals surface area (Å²) in [6.45, 7) is 2.00. The molecule has 1 saturated heterocycles. The first kappa shape index (κ1) is 21.7. The average Bonchev–Trinajstić information content (AvgIpc) is 3.50. The van der Waals surface area contributed by atoms with E-state index in [1.165, 1.54) is 6.26 Å². The van der Waals surface area contributed by atoms with Crippen LogP contribution in [0.3, 0.4) is 0 Å². The molecule has 3 heterocycles. The summed E-state index contributed by atoms with van der Waals surface area (Å²) < 4.78 is 6.80. The van der Waals surface area contributed by atoms with E-state index in [2.05, 4.69) is 5.32 Å². The third-order valence-corrected chi connectivity index (χ3v) is 5.75. The van der Waals surface area contributed by atoms with Gasteiger partial charge in [0, 0.05) is 43.9 Å². The molecular weight excluding hydrogens is 432 g/mol. The summed E-state index contributed by atoms with van der Waals surface area (Å²) in [4.78, 5) is 41.2. The number of amides is 3. The third kappa shape index (κ3) is 4.86. The first-order valence-electron chi connectivity index (χ1n) is 10.3. The molecule has 3 amide bonds. The summed E-state index contributed by atoms with van der Waals surface area (Å²) in [5.74, 6) is -0.273. The molecule has 4 rings (SSSR count). The fraction of sp³-hybridized carbons (Fsp3) is 0.261. The molecule has 1 aromatic carbocycles. The van der Waals surface area contributed by atoms with Crippen molar-refractivity contribution in [2.24, 2.45) is 0 Å². The van der Waals surface area contributed by atoms with Crippen LogP contribution in [0.15, 0.2) is 65.4 Å². The smallest absolute Gasteiger partial charge is 0.289 e. The standard InChI is InChI=1S/C23H23ClN4O4/c24-18-6-2-1-5-17(18)15-25-21(29)16-28-9-3-7-19(28)22(30)26-10-12-27(13-11-26)23(31)20-8-4-14-32-20/h1-9,14H,10-13,15-16H2,(H,25,29). The minimum atomic E-state index is -0.218. The van der Waals surface area contributed by atoms with E-state index in [0.29, 0.717) is 49.2 Å². The Kier molecular flexibility index (Phi) is 6.61. The molecule has 9 heteroatoms. The summed E-state index contributed by atoms with van der Waals surface area (Å²) in [6.07, 6.45) is 3.17. The van der Waals surface area contributed by atoms with Crippen LogP contribution in [0.1, 0.15) is 26.6 Å². The topological polar surface area (TPSA) is 87.8 Å². The lowest BCUT2D eigenvalue weighted by Gasteiger charge is -2.34. The highest BCUT2D eigenvalue weighted by atomic mass is 35.5. The van der Waals surface area contributed by atoms with Crippen LogP contribution in [0.4, 0.5) is 0 Å². The normalized spacial score (nSPS) is 13.8. The first-order chi connectivity index (χ1) is 15.5. The average molecular weight is 455 g/mol. The maximum absolute atomic E-state index is 13.0. The highest BCUT2D eigenvalue weighted by molar-refractivity contribution is 6.31. The van der Waals surface area contributed by atoms with E-state index >= 15 is 0 Å². The summed E-state index contributed by atoms with van der Waals surface area (Å²) in [6, 6.07) is 14.1. The molecule has 32 heavy (non-hydrogen) atoms. The lowest BCUT2D eigenvalue weighted by molar-refractivity contribution is -0.121. The molecule has 0 bridgehead atoms. The maximum Gasteiger partial charge on any atom is 0.289 e. The van der Waals surface area contributed by atoms with Crippen molar-refractivity contribution in [2.75, 3.05) is 26.2 Å². The SMILES string of the molecule is O=C(Cn1cccc1C(=O)N1CCN(C(=O)c2ccco2)CC1)NCc1ccccc1Cl. The predicted molar refractivity (Wildman–Crippen MR) is 118 cm³/mol. The van der Waals surface area contributed by atoms with Crippen LogP contribution in [0.2, 0.25) is 5.02 Å². The zero-order chi connectivity index (χ0) is 22.5. The van der Waals surface area contributed by atoms with Crippen molar-refractivity contribution in [3.8, 4) is 0 Å². The third-order valence-electron chi connectivity index (χ3n) is 5.38. The van der Waals surface area contributed by atoms with Crippen LogP contribution in [0.25, 0.3) is 0 Å². The predicted octanol–water partition coefficient (Wildman–Crippen LogP) is 2.65. The molecule has 1 aliphatic heterocycles. The van der Waals surface area contributed by atoms with Gasteiger partial charge in [-0.2, -0.15) is 0 Å². The molecule has 0 spiro atoms. The number of halogens is 1. The van der Waals surface area contributed by atoms with Crippen molar-refractivity contribution >= 4 is 29.3 Å². The minimum absolute atomic E-state index is 0.0233. The van der Waals surface area contributed by atoms with Gasteiger partial charge in [0.25, 0.3) is 11.8 Å². The Balaban J connectivity index is 1.32. The Hall–Kier alpha value is -3.52. The van der Waals surface area contributed by atoms with Crippen LogP contribution in [0, 0.1) is 0 Å². The van der Waals surface area contributed by atoms with E-state index in [-0.39, 0.29) is 24.3 Å². The largest absolute Gasteiger partial charge is 0.459 e. The second kappa shape index (κ2) is 9.74. The second-order valence-electron chi connectivity index (χ2n) is 7.45. The number of rotatable bonds is 6. The molecule has 1 fully saturated rings. The molecule has 0 saturated carbocycles. The van der Waals surface area contributed by atoms with Gasteiger partial charge in [-0.25, -0.2) is 0 Å². The van der Waals surface area contributed by atoms with E-state index in [9.17, 15) is 14.4 Å². The van der Waals surface area contributed by atoms with Crippen LogP contribution in [-0.4, -0.2) is 58.3 Å². The number of piperazine rings is 1. The second-order valence-corrected chi connectivity index (χ2v) is 7.86. The molecule has 0 atom stereocenters. The highest BCUT2D eigenvalue weighted by Crippen LogP contribution is 2.15. The number of hydrogen-bond acceptors (Lipinski definition) is 4. The van der Waals surface area contributed by atoms with Gasteiger partial charge < -0.3 is 24.1 Å². The summed E-state index contributed by atoms with van der Waals surface area (Å²) in [5.41, 5.74) is 1.26. The van der Waals surface area contributed by atoms with Crippen molar-refractivity contribution in [3.05, 3.63) is 83.0 Å². The highest BCUT2D eigenvalue weighted by Gasteiger charge is 2.27. The van der Waals surface area contributed by atoms with Gasteiger partial charge in [0.15, 0.2) is 5.76 Å². The van der Waals surface area contributed by atoms with E-state index in [4.69, 9.17) is 16.0 Å². The number of nitrogens with zero attached hydrogens (tertiary/aromatic N) is 3. The molecule has 8 nitrogen and oxygen atoms in total. The van der Waals surface area contributed by atoms with Crippen molar-refractivity contribution in [3.63, 3.8) is 0 Å². The number of carbonyl (C=O) groups excluding carboxylic acids is 3. The number of nitrogens with one attached hydrogen (secondary N) is 1. The van der Waals surface area contributed by atoms with E-state index < -0.39 is 0 Å². The number of hydrogen-bond donors (Lipinski definition) is 1. The fourth-order valence-electron chi connectivity index (χ4n) is 3.62. The molecule has 0 aliphatic carbocycles. The van der Waals surface area contributed by atoms with Crippen molar-refractivity contribution in [1.82, 2.24) is 19.7 Å². The van der Waals surface area contributed by atoms with Gasteiger partial charge in [-0.1, -0.05) is 29.8 Å². The molecule has 2 aromatic heterocycles. The summed E-state index contributed by atoms with van der Waals surface area (Å²) in [5, 5.41) is 3.43. The van der Waals surface area contributed by atoms with Crippen molar-refractivity contribution in [2.45, 2.75) is 13.1 Å². The van der Waals surface area contributed by atoms with Gasteiger partial charge in [0.2, 0.25) is 5.91 Å². The Bertz CT molecular complexity index is 1100. The number of carbonyl (C=O) groups is 3.